The molecule has 0 spiro atoms. The minimum absolute atomic E-state index is 0.0372. The van der Waals surface area contributed by atoms with E-state index in [1.165, 1.54) is 14.4 Å². The van der Waals surface area contributed by atoms with Crippen LogP contribution in [0, 0.1) is 5.92 Å². The highest BCUT2D eigenvalue weighted by molar-refractivity contribution is 14.2. The van der Waals surface area contributed by atoms with Gasteiger partial charge < -0.3 is 4.74 Å². The molecule has 1 atom stereocenters. The molecule has 0 saturated carbocycles. The fourth-order valence-electron chi connectivity index (χ4n) is 1.10. The zero-order valence-electron chi connectivity index (χ0n) is 9.44. The predicted molar refractivity (Wildman–Crippen MR) is 80.2 cm³/mol. The van der Waals surface area contributed by atoms with Gasteiger partial charge in [-0.1, -0.05) is 13.0 Å². The van der Waals surface area contributed by atoms with E-state index in [4.69, 9.17) is 4.74 Å². The molecule has 0 N–H and O–H groups in total. The first-order valence-corrected chi connectivity index (χ1v) is 7.09. The maximum atomic E-state index is 5.40. The fourth-order valence-corrected chi connectivity index (χ4v) is 1.61. The van der Waals surface area contributed by atoms with Crippen molar-refractivity contribution in [3.05, 3.63) is 7.66 Å². The lowest BCUT2D eigenvalue weighted by atomic mass is 9.94. The standard InChI is InChI=1S/C11H20I2O/c1-9(5-6-10(12)13)7-8-11(2,3)14-4/h6,9H,5,7-8H2,1-4H3. The van der Waals surface area contributed by atoms with Crippen LogP contribution >= 0.6 is 45.2 Å². The summed E-state index contributed by atoms with van der Waals surface area (Å²) in [6.07, 6.45) is 5.85. The molecular weight excluding hydrogens is 402 g/mol. The Labute approximate surface area is 115 Å². The van der Waals surface area contributed by atoms with Gasteiger partial charge in [-0.05, 0) is 84.2 Å². The molecule has 0 rings (SSSR count). The van der Waals surface area contributed by atoms with Gasteiger partial charge in [0.05, 0.1) is 5.60 Å². The Bertz CT molecular complexity index is 184. The molecule has 0 aromatic carbocycles. The minimum atomic E-state index is 0.0372. The van der Waals surface area contributed by atoms with Crippen molar-refractivity contribution in [3.8, 4) is 0 Å². The van der Waals surface area contributed by atoms with Gasteiger partial charge in [-0.3, -0.25) is 0 Å². The monoisotopic (exact) mass is 422 g/mol. The molecular formula is C11H20I2O. The maximum absolute atomic E-state index is 5.40. The van der Waals surface area contributed by atoms with Gasteiger partial charge in [0.1, 0.15) is 0 Å². The second-order valence-corrected chi connectivity index (χ2v) is 8.73. The predicted octanol–water partition coefficient (Wildman–Crippen LogP) is 4.93. The molecule has 0 aromatic heterocycles. The summed E-state index contributed by atoms with van der Waals surface area (Å²) in [7, 11) is 1.79. The first kappa shape index (κ1) is 15.2. The molecule has 0 radical (unpaired) electrons. The van der Waals surface area contributed by atoms with Crippen LogP contribution < -0.4 is 0 Å². The number of ether oxygens (including phenoxy) is 1. The van der Waals surface area contributed by atoms with Crippen molar-refractivity contribution in [1.29, 1.82) is 0 Å². The molecule has 0 fully saturated rings. The summed E-state index contributed by atoms with van der Waals surface area (Å²) in [5.74, 6) is 0.754. The molecule has 0 aliphatic heterocycles. The molecule has 0 aromatic rings. The molecule has 3 heteroatoms. The highest BCUT2D eigenvalue weighted by Crippen LogP contribution is 2.23. The van der Waals surface area contributed by atoms with E-state index in [0.717, 1.165) is 12.3 Å². The average molecular weight is 422 g/mol. The zero-order valence-corrected chi connectivity index (χ0v) is 13.8. The minimum Gasteiger partial charge on any atom is -0.379 e. The van der Waals surface area contributed by atoms with Crippen molar-refractivity contribution in [2.75, 3.05) is 7.11 Å². The van der Waals surface area contributed by atoms with E-state index in [0.29, 0.717) is 0 Å². The van der Waals surface area contributed by atoms with Crippen molar-refractivity contribution in [1.82, 2.24) is 0 Å². The van der Waals surface area contributed by atoms with E-state index >= 15 is 0 Å². The van der Waals surface area contributed by atoms with Crippen LogP contribution in [0.2, 0.25) is 0 Å². The van der Waals surface area contributed by atoms with Crippen molar-refractivity contribution >= 4 is 45.2 Å². The molecule has 1 unspecified atom stereocenters. The average Bonchev–Trinajstić information content (AvgIpc) is 2.11. The summed E-state index contributed by atoms with van der Waals surface area (Å²) in [6, 6.07) is 0. The Morgan fingerprint density at radius 3 is 2.43 bits per heavy atom. The normalized spacial score (nSPS) is 13.9. The zero-order chi connectivity index (χ0) is 11.2. The lowest BCUT2D eigenvalue weighted by Crippen LogP contribution is -2.22. The summed E-state index contributed by atoms with van der Waals surface area (Å²) in [5.41, 5.74) is 0.0372. The van der Waals surface area contributed by atoms with Crippen LogP contribution in [0.4, 0.5) is 0 Å². The number of rotatable bonds is 6. The van der Waals surface area contributed by atoms with Gasteiger partial charge in [0.25, 0.3) is 0 Å². The van der Waals surface area contributed by atoms with Crippen molar-refractivity contribution in [3.63, 3.8) is 0 Å². The summed E-state index contributed by atoms with van der Waals surface area (Å²) in [6.45, 7) is 6.60. The third-order valence-electron chi connectivity index (χ3n) is 2.47. The van der Waals surface area contributed by atoms with Gasteiger partial charge in [0.15, 0.2) is 0 Å². The second-order valence-electron chi connectivity index (χ2n) is 4.34. The van der Waals surface area contributed by atoms with Crippen LogP contribution in [0.25, 0.3) is 0 Å². The van der Waals surface area contributed by atoms with Crippen LogP contribution in [0.5, 0.6) is 0 Å². The summed E-state index contributed by atoms with van der Waals surface area (Å²) >= 11 is 4.70. The molecule has 84 valence electrons. The Hall–Kier alpha value is 1.16. The van der Waals surface area contributed by atoms with Gasteiger partial charge in [0, 0.05) is 8.70 Å². The van der Waals surface area contributed by atoms with Crippen LogP contribution in [0.1, 0.15) is 40.0 Å². The number of allylic oxidation sites excluding steroid dienone is 1. The smallest absolute Gasteiger partial charge is 0.0622 e. The highest BCUT2D eigenvalue weighted by atomic mass is 127. The van der Waals surface area contributed by atoms with Gasteiger partial charge in [-0.15, -0.1) is 0 Å². The van der Waals surface area contributed by atoms with E-state index < -0.39 is 0 Å². The fraction of sp³-hybridized carbons (Fsp3) is 0.818. The summed E-state index contributed by atoms with van der Waals surface area (Å²) < 4.78 is 6.75. The number of halogens is 2. The third-order valence-corrected chi connectivity index (χ3v) is 3.35. The van der Waals surface area contributed by atoms with Crippen molar-refractivity contribution in [2.45, 2.75) is 45.6 Å². The van der Waals surface area contributed by atoms with E-state index in [-0.39, 0.29) is 5.60 Å². The van der Waals surface area contributed by atoms with E-state index in [1.54, 1.807) is 7.11 Å². The third kappa shape index (κ3) is 8.47. The molecule has 0 amide bonds. The molecule has 14 heavy (non-hydrogen) atoms. The lowest BCUT2D eigenvalue weighted by Gasteiger charge is -2.24. The van der Waals surface area contributed by atoms with E-state index in [1.807, 2.05) is 0 Å². The quantitative estimate of drug-likeness (QED) is 0.552. The summed E-state index contributed by atoms with van der Waals surface area (Å²) in [4.78, 5) is 0. The van der Waals surface area contributed by atoms with Gasteiger partial charge in [-0.25, -0.2) is 0 Å². The van der Waals surface area contributed by atoms with Crippen LogP contribution in [-0.2, 0) is 4.74 Å². The lowest BCUT2D eigenvalue weighted by molar-refractivity contribution is 0.0109. The van der Waals surface area contributed by atoms with E-state index in [2.05, 4.69) is 72.0 Å². The van der Waals surface area contributed by atoms with Crippen LogP contribution in [-0.4, -0.2) is 12.7 Å². The van der Waals surface area contributed by atoms with Crippen molar-refractivity contribution < 1.29 is 4.74 Å². The number of hydrogen-bond donors (Lipinski definition) is 0. The van der Waals surface area contributed by atoms with Gasteiger partial charge in [0.2, 0.25) is 0 Å². The Morgan fingerprint density at radius 1 is 1.43 bits per heavy atom. The summed E-state index contributed by atoms with van der Waals surface area (Å²) in [5, 5.41) is 0. The molecule has 0 heterocycles. The SMILES string of the molecule is COC(C)(C)CCC(C)CC=C(I)I. The number of methoxy groups -OCH3 is 1. The number of hydrogen-bond acceptors (Lipinski definition) is 1. The first-order valence-electron chi connectivity index (χ1n) is 4.93. The first-order chi connectivity index (χ1) is 6.37. The van der Waals surface area contributed by atoms with Gasteiger partial charge >= 0.3 is 0 Å². The second kappa shape index (κ2) is 7.44. The molecule has 1 nitrogen and oxygen atoms in total. The van der Waals surface area contributed by atoms with E-state index in [9.17, 15) is 0 Å². The Balaban J connectivity index is 3.74. The maximum Gasteiger partial charge on any atom is 0.0622 e. The topological polar surface area (TPSA) is 9.23 Å². The van der Waals surface area contributed by atoms with Crippen LogP contribution in [0.15, 0.2) is 7.66 Å². The Kier molecular flexibility index (Phi) is 8.05. The highest BCUT2D eigenvalue weighted by Gasteiger charge is 2.16. The Morgan fingerprint density at radius 2 is 2.00 bits per heavy atom. The van der Waals surface area contributed by atoms with Crippen LogP contribution in [0.3, 0.4) is 0 Å². The molecule has 0 aliphatic rings. The molecule has 0 bridgehead atoms. The van der Waals surface area contributed by atoms with Crippen molar-refractivity contribution in [2.24, 2.45) is 5.92 Å². The molecule has 0 aliphatic carbocycles. The largest absolute Gasteiger partial charge is 0.379 e. The molecule has 0 saturated heterocycles. The van der Waals surface area contributed by atoms with Gasteiger partial charge in [-0.2, -0.15) is 0 Å².